The molecule has 3 N–H and O–H groups in total. The molecule has 0 aliphatic heterocycles. The molecule has 1 heterocycles. The Balaban J connectivity index is 2.20. The normalized spacial score (nSPS) is 10.1. The molecule has 0 atom stereocenters. The molecule has 0 bridgehead atoms. The molecule has 0 aliphatic carbocycles. The van der Waals surface area contributed by atoms with Gasteiger partial charge < -0.3 is 10.5 Å². The highest BCUT2D eigenvalue weighted by molar-refractivity contribution is 6.30. The van der Waals surface area contributed by atoms with Crippen molar-refractivity contribution in [3.63, 3.8) is 0 Å². The summed E-state index contributed by atoms with van der Waals surface area (Å²) in [5.41, 5.74) is 5.47. The molecule has 2 rings (SSSR count). The second kappa shape index (κ2) is 6.19. The number of aromatic nitrogens is 1. The number of ether oxygens (including phenoxy) is 1. The number of hydrogen-bond acceptors (Lipinski definition) is 5. The zero-order valence-corrected chi connectivity index (χ0v) is 11.4. The average Bonchev–Trinajstić information content (AvgIpc) is 2.43. The van der Waals surface area contributed by atoms with E-state index in [4.69, 9.17) is 22.1 Å². The Labute approximate surface area is 124 Å². The number of benzene rings is 1. The van der Waals surface area contributed by atoms with Crippen LogP contribution in [0.15, 0.2) is 30.3 Å². The van der Waals surface area contributed by atoms with Gasteiger partial charge in [0.05, 0.1) is 11.1 Å². The maximum Gasteiger partial charge on any atom is 0.339 e. The van der Waals surface area contributed by atoms with Gasteiger partial charge in [-0.1, -0.05) is 29.8 Å². The summed E-state index contributed by atoms with van der Waals surface area (Å²) in [6.45, 7) is -0.629. The molecule has 0 saturated heterocycles. The Hall–Kier alpha value is -2.67. The third kappa shape index (κ3) is 3.67. The largest absolute Gasteiger partial charge is 0.452 e. The molecule has 2 aromatic rings. The summed E-state index contributed by atoms with van der Waals surface area (Å²) in [5.74, 6) is -1.57. The number of fused-ring (bicyclic) bond motifs is 1. The van der Waals surface area contributed by atoms with Crippen LogP contribution in [0.3, 0.4) is 0 Å². The van der Waals surface area contributed by atoms with Gasteiger partial charge in [0.15, 0.2) is 6.61 Å². The molecule has 7 nitrogen and oxygen atoms in total. The van der Waals surface area contributed by atoms with Crippen LogP contribution in [-0.2, 0) is 9.53 Å². The van der Waals surface area contributed by atoms with Crippen LogP contribution in [-0.4, -0.2) is 29.5 Å². The fraction of sp³-hybridized carbons (Fsp3) is 0.0769. The Bertz CT molecular complexity index is 732. The van der Waals surface area contributed by atoms with Gasteiger partial charge in [0.2, 0.25) is 0 Å². The van der Waals surface area contributed by atoms with E-state index in [0.717, 1.165) is 0 Å². The van der Waals surface area contributed by atoms with E-state index in [1.807, 2.05) is 0 Å². The van der Waals surface area contributed by atoms with Gasteiger partial charge in [0.25, 0.3) is 5.91 Å². The van der Waals surface area contributed by atoms with Crippen molar-refractivity contribution in [1.29, 1.82) is 0 Å². The predicted octanol–water partition coefficient (Wildman–Crippen LogP) is 1.24. The molecular formula is C13H10ClN3O4. The van der Waals surface area contributed by atoms with E-state index >= 15 is 0 Å². The zero-order valence-electron chi connectivity index (χ0n) is 10.6. The zero-order chi connectivity index (χ0) is 15.4. The molecule has 0 aliphatic rings. The number of urea groups is 1. The fourth-order valence-electron chi connectivity index (χ4n) is 1.69. The molecule has 3 amide bonds. The fourth-order valence-corrected chi connectivity index (χ4v) is 1.89. The van der Waals surface area contributed by atoms with Crippen molar-refractivity contribution in [1.82, 2.24) is 10.3 Å². The second-order valence-corrected chi connectivity index (χ2v) is 4.39. The number of imide groups is 1. The van der Waals surface area contributed by atoms with Crippen LogP contribution in [0.2, 0.25) is 5.15 Å². The molecule has 1 aromatic heterocycles. The predicted molar refractivity (Wildman–Crippen MR) is 74.8 cm³/mol. The summed E-state index contributed by atoms with van der Waals surface area (Å²) in [7, 11) is 0. The molecule has 0 spiro atoms. The van der Waals surface area contributed by atoms with Crippen molar-refractivity contribution in [2.45, 2.75) is 0 Å². The number of nitrogens with zero attached hydrogens (tertiary/aromatic N) is 1. The highest BCUT2D eigenvalue weighted by atomic mass is 35.5. The molecule has 0 radical (unpaired) electrons. The van der Waals surface area contributed by atoms with Crippen molar-refractivity contribution >= 4 is 40.4 Å². The standard InChI is InChI=1S/C13H10ClN3O4/c14-10-5-8(7-3-1-2-4-9(7)16-10)12(19)21-6-11(18)17-13(15)20/h1-5H,6H2,(H3,15,17,18,20). The summed E-state index contributed by atoms with van der Waals surface area (Å²) in [6.07, 6.45) is 0. The SMILES string of the molecule is NC(=O)NC(=O)COC(=O)c1cc(Cl)nc2ccccc12. The number of esters is 1. The number of pyridine rings is 1. The van der Waals surface area contributed by atoms with Gasteiger partial charge in [-0.3, -0.25) is 10.1 Å². The van der Waals surface area contributed by atoms with E-state index in [2.05, 4.69) is 4.98 Å². The third-order valence-corrected chi connectivity index (χ3v) is 2.70. The Morgan fingerprint density at radius 1 is 1.29 bits per heavy atom. The number of amides is 3. The number of halogens is 1. The van der Waals surface area contributed by atoms with Crippen LogP contribution in [0, 0.1) is 0 Å². The third-order valence-electron chi connectivity index (χ3n) is 2.50. The number of hydrogen-bond donors (Lipinski definition) is 2. The number of rotatable bonds is 3. The van der Waals surface area contributed by atoms with Gasteiger partial charge in [-0.2, -0.15) is 0 Å². The number of carbonyl (C=O) groups is 3. The number of carbonyl (C=O) groups excluding carboxylic acids is 3. The molecule has 8 heteroatoms. The van der Waals surface area contributed by atoms with Crippen LogP contribution in [0.5, 0.6) is 0 Å². The first-order valence-corrected chi connectivity index (χ1v) is 6.17. The molecule has 0 saturated carbocycles. The van der Waals surface area contributed by atoms with Crippen LogP contribution < -0.4 is 11.1 Å². The maximum atomic E-state index is 12.0. The van der Waals surface area contributed by atoms with Crippen molar-refractivity contribution in [3.05, 3.63) is 41.0 Å². The topological polar surface area (TPSA) is 111 Å². The van der Waals surface area contributed by atoms with E-state index in [9.17, 15) is 14.4 Å². The van der Waals surface area contributed by atoms with Gasteiger partial charge in [-0.15, -0.1) is 0 Å². The van der Waals surface area contributed by atoms with Crippen LogP contribution in [0.25, 0.3) is 10.9 Å². The van der Waals surface area contributed by atoms with E-state index < -0.39 is 24.5 Å². The van der Waals surface area contributed by atoms with Gasteiger partial charge in [-0.25, -0.2) is 14.6 Å². The molecule has 1 aromatic carbocycles. The summed E-state index contributed by atoms with van der Waals surface area (Å²) in [4.78, 5) is 37.7. The lowest BCUT2D eigenvalue weighted by atomic mass is 10.1. The minimum Gasteiger partial charge on any atom is -0.452 e. The molecule has 108 valence electrons. The number of nitrogens with two attached hydrogens (primary N) is 1. The maximum absolute atomic E-state index is 12.0. The van der Waals surface area contributed by atoms with Crippen LogP contribution >= 0.6 is 11.6 Å². The van der Waals surface area contributed by atoms with Crippen LogP contribution in [0.4, 0.5) is 4.79 Å². The lowest BCUT2D eigenvalue weighted by Gasteiger charge is -2.07. The Morgan fingerprint density at radius 2 is 2.00 bits per heavy atom. The van der Waals surface area contributed by atoms with E-state index in [-0.39, 0.29) is 10.7 Å². The highest BCUT2D eigenvalue weighted by Crippen LogP contribution is 2.21. The van der Waals surface area contributed by atoms with Crippen LogP contribution in [0.1, 0.15) is 10.4 Å². The Kier molecular flexibility index (Phi) is 4.34. The van der Waals surface area contributed by atoms with E-state index in [1.165, 1.54) is 6.07 Å². The van der Waals surface area contributed by atoms with Gasteiger partial charge in [0, 0.05) is 5.39 Å². The van der Waals surface area contributed by atoms with E-state index in [0.29, 0.717) is 10.9 Å². The van der Waals surface area contributed by atoms with Crippen molar-refractivity contribution in [3.8, 4) is 0 Å². The lowest BCUT2D eigenvalue weighted by Crippen LogP contribution is -2.37. The molecule has 0 fully saturated rings. The smallest absolute Gasteiger partial charge is 0.339 e. The number of nitrogens with one attached hydrogen (secondary N) is 1. The summed E-state index contributed by atoms with van der Waals surface area (Å²) >= 11 is 5.84. The lowest BCUT2D eigenvalue weighted by molar-refractivity contribution is -0.123. The first-order valence-electron chi connectivity index (χ1n) is 5.79. The number of para-hydroxylation sites is 1. The molecule has 0 unspecified atom stereocenters. The van der Waals surface area contributed by atoms with Gasteiger partial charge in [-0.05, 0) is 12.1 Å². The minimum atomic E-state index is -1.02. The van der Waals surface area contributed by atoms with Gasteiger partial charge in [0.1, 0.15) is 5.15 Å². The molecular weight excluding hydrogens is 298 g/mol. The highest BCUT2D eigenvalue weighted by Gasteiger charge is 2.15. The summed E-state index contributed by atoms with van der Waals surface area (Å²) in [6, 6.07) is 7.18. The van der Waals surface area contributed by atoms with Gasteiger partial charge >= 0.3 is 12.0 Å². The first-order chi connectivity index (χ1) is 9.97. The average molecular weight is 308 g/mol. The summed E-state index contributed by atoms with van der Waals surface area (Å²) in [5, 5.41) is 2.45. The molecule has 21 heavy (non-hydrogen) atoms. The summed E-state index contributed by atoms with van der Waals surface area (Å²) < 4.78 is 4.81. The first kappa shape index (κ1) is 14.7. The quantitative estimate of drug-likeness (QED) is 0.654. The van der Waals surface area contributed by atoms with Crippen molar-refractivity contribution in [2.24, 2.45) is 5.73 Å². The van der Waals surface area contributed by atoms with Crippen molar-refractivity contribution in [2.75, 3.05) is 6.61 Å². The Morgan fingerprint density at radius 3 is 2.71 bits per heavy atom. The number of primary amides is 1. The van der Waals surface area contributed by atoms with Crippen molar-refractivity contribution < 1.29 is 19.1 Å². The minimum absolute atomic E-state index is 0.127. The van der Waals surface area contributed by atoms with E-state index in [1.54, 1.807) is 29.6 Å². The monoisotopic (exact) mass is 307 g/mol. The second-order valence-electron chi connectivity index (χ2n) is 4.00.